The highest BCUT2D eigenvalue weighted by Crippen LogP contribution is 2.18. The van der Waals surface area contributed by atoms with Crippen LogP contribution in [0.4, 0.5) is 0 Å². The van der Waals surface area contributed by atoms with Crippen molar-refractivity contribution < 1.29 is 0 Å². The Kier molecular flexibility index (Phi) is 3.61. The normalized spacial score (nSPS) is 13.6. The first-order valence-electron chi connectivity index (χ1n) is 5.87. The van der Waals surface area contributed by atoms with Crippen LogP contribution in [0.25, 0.3) is 6.08 Å². The highest BCUT2D eigenvalue weighted by molar-refractivity contribution is 5.47. The fourth-order valence-electron chi connectivity index (χ4n) is 1.38. The molecule has 0 spiro atoms. The Morgan fingerprint density at radius 3 is 2.31 bits per heavy atom. The van der Waals surface area contributed by atoms with Gasteiger partial charge in [0.05, 0.1) is 6.20 Å². The summed E-state index contributed by atoms with van der Waals surface area (Å²) in [6.45, 7) is 14.2. The van der Waals surface area contributed by atoms with Gasteiger partial charge in [0.25, 0.3) is 0 Å². The monoisotopic (exact) mass is 220 g/mol. The fourth-order valence-corrected chi connectivity index (χ4v) is 1.38. The lowest BCUT2D eigenvalue weighted by atomic mass is 9.96. The van der Waals surface area contributed by atoms with Crippen molar-refractivity contribution >= 4 is 6.08 Å². The minimum Gasteiger partial charge on any atom is -0.272 e. The molecule has 2 heteroatoms. The molecule has 1 aromatic heterocycles. The predicted octanol–water partition coefficient (Wildman–Crippen LogP) is 3.99. The Balaban J connectivity index is 2.69. The summed E-state index contributed by atoms with van der Waals surface area (Å²) in [6.07, 6.45) is 8.39. The van der Waals surface area contributed by atoms with Gasteiger partial charge in [-0.25, -0.2) is 0 Å². The quantitative estimate of drug-likeness (QED) is 0.737. The molecular weight excluding hydrogens is 196 g/mol. The van der Waals surface area contributed by atoms with Crippen LogP contribution in [0.1, 0.15) is 47.1 Å². The van der Waals surface area contributed by atoms with Gasteiger partial charge in [0.15, 0.2) is 0 Å². The predicted molar refractivity (Wildman–Crippen MR) is 70.2 cm³/mol. The van der Waals surface area contributed by atoms with E-state index in [1.807, 2.05) is 10.9 Å². The molecule has 0 aromatic carbocycles. The van der Waals surface area contributed by atoms with E-state index < -0.39 is 0 Å². The third-order valence-corrected chi connectivity index (χ3v) is 2.07. The van der Waals surface area contributed by atoms with Crippen LogP contribution in [-0.2, 0) is 6.54 Å². The molecule has 0 fully saturated rings. The lowest BCUT2D eigenvalue weighted by Crippen LogP contribution is -2.15. The van der Waals surface area contributed by atoms with E-state index in [9.17, 15) is 0 Å². The van der Waals surface area contributed by atoms with Gasteiger partial charge >= 0.3 is 0 Å². The van der Waals surface area contributed by atoms with Crippen LogP contribution in [0.2, 0.25) is 0 Å². The maximum Gasteiger partial charge on any atom is 0.0562 e. The molecule has 0 saturated heterocycles. The molecule has 0 N–H and O–H groups in total. The summed E-state index contributed by atoms with van der Waals surface area (Å²) in [5.74, 6) is 0. The molecule has 90 valence electrons. The van der Waals surface area contributed by atoms with Crippen molar-refractivity contribution in [3.63, 3.8) is 0 Å². The Hall–Kier alpha value is -1.05. The third kappa shape index (κ3) is 5.15. The third-order valence-electron chi connectivity index (χ3n) is 2.07. The molecular formula is C14H24N2. The number of nitrogens with zero attached hydrogens (tertiary/aromatic N) is 2. The average Bonchev–Trinajstić information content (AvgIpc) is 2.44. The standard InChI is InChI=1S/C14H24N2/c1-13(2,3)8-7-12-9-15-16(10-12)11-14(4,5)6/h7-10H,11H2,1-6H3/b8-7-. The minimum atomic E-state index is 0.228. The van der Waals surface area contributed by atoms with Gasteiger partial charge in [0, 0.05) is 18.3 Å². The molecule has 0 atom stereocenters. The van der Waals surface area contributed by atoms with Crippen molar-refractivity contribution in [1.82, 2.24) is 9.78 Å². The maximum absolute atomic E-state index is 4.37. The second-order valence-corrected chi connectivity index (χ2v) is 6.73. The first-order valence-corrected chi connectivity index (χ1v) is 5.87. The van der Waals surface area contributed by atoms with E-state index in [1.54, 1.807) is 0 Å². The number of rotatable bonds is 2. The average molecular weight is 220 g/mol. The van der Waals surface area contributed by atoms with Gasteiger partial charge in [-0.05, 0) is 10.8 Å². The number of aromatic nitrogens is 2. The highest BCUT2D eigenvalue weighted by atomic mass is 15.3. The van der Waals surface area contributed by atoms with E-state index in [1.165, 1.54) is 5.56 Å². The van der Waals surface area contributed by atoms with E-state index in [0.29, 0.717) is 0 Å². The van der Waals surface area contributed by atoms with E-state index in [2.05, 4.69) is 65.0 Å². The Labute approximate surface area is 99.4 Å². The van der Waals surface area contributed by atoms with Crippen LogP contribution in [-0.4, -0.2) is 9.78 Å². The molecule has 0 amide bonds. The van der Waals surface area contributed by atoms with Crippen LogP contribution in [0, 0.1) is 10.8 Å². The van der Waals surface area contributed by atoms with Crippen LogP contribution in [0.3, 0.4) is 0 Å². The van der Waals surface area contributed by atoms with Gasteiger partial charge in [-0.3, -0.25) is 4.68 Å². The molecule has 0 radical (unpaired) electrons. The smallest absolute Gasteiger partial charge is 0.0562 e. The van der Waals surface area contributed by atoms with Crippen LogP contribution >= 0.6 is 0 Å². The number of hydrogen-bond donors (Lipinski definition) is 0. The number of hydrogen-bond acceptors (Lipinski definition) is 1. The van der Waals surface area contributed by atoms with Gasteiger partial charge in [0.1, 0.15) is 0 Å². The first-order chi connectivity index (χ1) is 7.16. The van der Waals surface area contributed by atoms with Gasteiger partial charge in [-0.2, -0.15) is 5.10 Å². The summed E-state index contributed by atoms with van der Waals surface area (Å²) in [4.78, 5) is 0. The van der Waals surface area contributed by atoms with Crippen molar-refractivity contribution in [3.05, 3.63) is 24.0 Å². The topological polar surface area (TPSA) is 17.8 Å². The van der Waals surface area contributed by atoms with Crippen LogP contribution < -0.4 is 0 Å². The molecule has 0 bridgehead atoms. The molecule has 1 rings (SSSR count). The van der Waals surface area contributed by atoms with Gasteiger partial charge in [0.2, 0.25) is 0 Å². The van der Waals surface area contributed by atoms with Gasteiger partial charge < -0.3 is 0 Å². The summed E-state index contributed by atoms with van der Waals surface area (Å²) in [6, 6.07) is 0. The zero-order valence-corrected chi connectivity index (χ0v) is 11.4. The Bertz CT molecular complexity index is 359. The molecule has 0 aliphatic heterocycles. The number of allylic oxidation sites excluding steroid dienone is 1. The first kappa shape index (κ1) is 13.0. The molecule has 0 unspecified atom stereocenters. The molecule has 1 heterocycles. The SMILES string of the molecule is CC(C)(C)/C=C\c1cnn(CC(C)(C)C)c1. The van der Waals surface area contributed by atoms with Crippen LogP contribution in [0.5, 0.6) is 0 Å². The van der Waals surface area contributed by atoms with Crippen molar-refractivity contribution in [2.45, 2.75) is 48.1 Å². The molecule has 0 saturated carbocycles. The lowest BCUT2D eigenvalue weighted by Gasteiger charge is -2.17. The summed E-state index contributed by atoms with van der Waals surface area (Å²) in [5, 5.41) is 4.37. The van der Waals surface area contributed by atoms with Crippen LogP contribution in [0.15, 0.2) is 18.5 Å². The summed E-state index contributed by atoms with van der Waals surface area (Å²) < 4.78 is 2.02. The summed E-state index contributed by atoms with van der Waals surface area (Å²) in [7, 11) is 0. The lowest BCUT2D eigenvalue weighted by molar-refractivity contribution is 0.325. The van der Waals surface area contributed by atoms with Crippen molar-refractivity contribution in [1.29, 1.82) is 0 Å². The minimum absolute atomic E-state index is 0.228. The molecule has 16 heavy (non-hydrogen) atoms. The maximum atomic E-state index is 4.37. The van der Waals surface area contributed by atoms with E-state index in [-0.39, 0.29) is 10.8 Å². The molecule has 1 aromatic rings. The second kappa shape index (κ2) is 4.44. The summed E-state index contributed by atoms with van der Waals surface area (Å²) in [5.41, 5.74) is 1.68. The zero-order valence-electron chi connectivity index (χ0n) is 11.4. The van der Waals surface area contributed by atoms with E-state index in [4.69, 9.17) is 0 Å². The van der Waals surface area contributed by atoms with Gasteiger partial charge in [-0.15, -0.1) is 0 Å². The van der Waals surface area contributed by atoms with Crippen molar-refractivity contribution in [3.8, 4) is 0 Å². The molecule has 0 aliphatic carbocycles. The van der Waals surface area contributed by atoms with E-state index >= 15 is 0 Å². The van der Waals surface area contributed by atoms with Gasteiger partial charge in [-0.1, -0.05) is 53.7 Å². The Morgan fingerprint density at radius 2 is 1.81 bits per heavy atom. The van der Waals surface area contributed by atoms with Crippen molar-refractivity contribution in [2.75, 3.05) is 0 Å². The summed E-state index contributed by atoms with van der Waals surface area (Å²) >= 11 is 0. The highest BCUT2D eigenvalue weighted by Gasteiger charge is 2.11. The molecule has 2 nitrogen and oxygen atoms in total. The second-order valence-electron chi connectivity index (χ2n) is 6.73. The molecule has 0 aliphatic rings. The Morgan fingerprint density at radius 1 is 1.19 bits per heavy atom. The largest absolute Gasteiger partial charge is 0.272 e. The fraction of sp³-hybridized carbons (Fsp3) is 0.643. The van der Waals surface area contributed by atoms with E-state index in [0.717, 1.165) is 6.54 Å². The zero-order chi connectivity index (χ0) is 12.4. The van der Waals surface area contributed by atoms with Crippen molar-refractivity contribution in [2.24, 2.45) is 10.8 Å².